The second-order valence-corrected chi connectivity index (χ2v) is 4.94. The van der Waals surface area contributed by atoms with E-state index < -0.39 is 0 Å². The van der Waals surface area contributed by atoms with Crippen molar-refractivity contribution in [3.05, 3.63) is 52.2 Å². The molecule has 0 aliphatic heterocycles. The van der Waals surface area contributed by atoms with Crippen LogP contribution in [0, 0.1) is 0 Å². The minimum absolute atomic E-state index is 0.0127. The number of carbonyl (C=O) groups is 1. The molecule has 2 N–H and O–H groups in total. The Labute approximate surface area is 115 Å². The Morgan fingerprint density at radius 3 is 2.85 bits per heavy atom. The van der Waals surface area contributed by atoms with Crippen LogP contribution in [0.15, 0.2) is 35.6 Å². The summed E-state index contributed by atoms with van der Waals surface area (Å²) in [6, 6.07) is 8.12. The fraction of sp³-hybridized carbons (Fsp3) is 0.0625. The molecule has 96 valence electrons. The lowest BCUT2D eigenvalue weighted by Crippen LogP contribution is -2.31. The highest BCUT2D eigenvalue weighted by molar-refractivity contribution is 6.25. The van der Waals surface area contributed by atoms with Crippen molar-refractivity contribution in [1.29, 1.82) is 0 Å². The largest absolute Gasteiger partial charge is 0.323 e. The van der Waals surface area contributed by atoms with Gasteiger partial charge < -0.3 is 5.84 Å². The highest BCUT2D eigenvalue weighted by Gasteiger charge is 2.24. The summed E-state index contributed by atoms with van der Waals surface area (Å²) in [5.41, 5.74) is 4.87. The number of hydrogen-bond donors (Lipinski definition) is 1. The standard InChI is InChI=1S/C16H11N3O/c17-19-14-7-11(20)5-10-8-18-13-6-9-3-1-2-4-12(9)16(13)15(10)14/h1-6,8H,7,17H2. The van der Waals surface area contributed by atoms with Crippen LogP contribution in [-0.2, 0) is 4.79 Å². The van der Waals surface area contributed by atoms with Gasteiger partial charge in [0.1, 0.15) is 0 Å². The molecule has 1 heterocycles. The molecule has 4 rings (SSSR count). The number of rotatable bonds is 0. The molecule has 0 unspecified atom stereocenters. The van der Waals surface area contributed by atoms with Gasteiger partial charge >= 0.3 is 0 Å². The molecule has 20 heavy (non-hydrogen) atoms. The molecule has 1 aromatic heterocycles. The third kappa shape index (κ3) is 1.39. The Balaban J connectivity index is 2.18. The van der Waals surface area contributed by atoms with E-state index in [1.54, 1.807) is 12.3 Å². The maximum absolute atomic E-state index is 11.7. The number of ketones is 1. The van der Waals surface area contributed by atoms with Gasteiger partial charge in [-0.15, -0.1) is 0 Å². The first-order chi connectivity index (χ1) is 9.78. The van der Waals surface area contributed by atoms with Gasteiger partial charge in [0, 0.05) is 22.5 Å². The van der Waals surface area contributed by atoms with Crippen LogP contribution in [0.1, 0.15) is 17.5 Å². The summed E-state index contributed by atoms with van der Waals surface area (Å²) in [6.45, 7) is 0. The SMILES string of the molecule is NN=C1CC(=O)C=c2cnc3c(c21)-c1ccccc1C=3. The van der Waals surface area contributed by atoms with Gasteiger partial charge in [0.25, 0.3) is 0 Å². The van der Waals surface area contributed by atoms with Crippen LogP contribution in [0.2, 0.25) is 0 Å². The van der Waals surface area contributed by atoms with Crippen molar-refractivity contribution in [3.8, 4) is 11.1 Å². The third-order valence-corrected chi connectivity index (χ3v) is 3.76. The summed E-state index contributed by atoms with van der Waals surface area (Å²) in [5.74, 6) is 5.50. The summed E-state index contributed by atoms with van der Waals surface area (Å²) >= 11 is 0. The summed E-state index contributed by atoms with van der Waals surface area (Å²) in [6.07, 6.45) is 5.65. The second-order valence-electron chi connectivity index (χ2n) is 4.94. The molecule has 2 aliphatic carbocycles. The molecule has 2 aliphatic rings. The molecule has 0 saturated heterocycles. The molecule has 0 amide bonds. The first kappa shape index (κ1) is 11.1. The number of nitrogens with zero attached hydrogens (tertiary/aromatic N) is 2. The molecular weight excluding hydrogens is 250 g/mol. The Bertz CT molecular complexity index is 910. The fourth-order valence-corrected chi connectivity index (χ4v) is 2.93. The van der Waals surface area contributed by atoms with Crippen LogP contribution in [0.4, 0.5) is 0 Å². The van der Waals surface area contributed by atoms with Crippen LogP contribution in [0.5, 0.6) is 0 Å². The number of pyridine rings is 1. The average molecular weight is 261 g/mol. The zero-order valence-corrected chi connectivity index (χ0v) is 10.6. The fourth-order valence-electron chi connectivity index (χ4n) is 2.93. The van der Waals surface area contributed by atoms with Gasteiger partial charge in [-0.3, -0.25) is 9.78 Å². The van der Waals surface area contributed by atoms with E-state index in [-0.39, 0.29) is 12.2 Å². The van der Waals surface area contributed by atoms with Crippen LogP contribution in [0.3, 0.4) is 0 Å². The predicted molar refractivity (Wildman–Crippen MR) is 77.3 cm³/mol. The van der Waals surface area contributed by atoms with Crippen LogP contribution in [-0.4, -0.2) is 16.5 Å². The minimum Gasteiger partial charge on any atom is -0.323 e. The lowest BCUT2D eigenvalue weighted by atomic mass is 9.91. The summed E-state index contributed by atoms with van der Waals surface area (Å²) in [4.78, 5) is 16.2. The van der Waals surface area contributed by atoms with E-state index in [1.165, 1.54) is 0 Å². The van der Waals surface area contributed by atoms with E-state index in [0.717, 1.165) is 32.8 Å². The van der Waals surface area contributed by atoms with Gasteiger partial charge in [-0.05, 0) is 23.3 Å². The maximum Gasteiger partial charge on any atom is 0.162 e. The number of aromatic nitrogens is 1. The number of hydrogen-bond acceptors (Lipinski definition) is 4. The lowest BCUT2D eigenvalue weighted by Gasteiger charge is -2.14. The van der Waals surface area contributed by atoms with Gasteiger partial charge in [0.05, 0.1) is 17.5 Å². The Morgan fingerprint density at radius 1 is 1.15 bits per heavy atom. The third-order valence-electron chi connectivity index (χ3n) is 3.76. The Morgan fingerprint density at radius 2 is 2.00 bits per heavy atom. The van der Waals surface area contributed by atoms with Crippen LogP contribution in [0.25, 0.3) is 23.3 Å². The van der Waals surface area contributed by atoms with E-state index in [9.17, 15) is 4.79 Å². The summed E-state index contributed by atoms with van der Waals surface area (Å²) < 4.78 is 0. The highest BCUT2D eigenvalue weighted by Crippen LogP contribution is 2.28. The number of fused-ring (bicyclic) bond motifs is 5. The normalized spacial score (nSPS) is 17.0. The molecule has 0 bridgehead atoms. The average Bonchev–Trinajstić information content (AvgIpc) is 2.84. The monoisotopic (exact) mass is 261 g/mol. The van der Waals surface area contributed by atoms with Crippen molar-refractivity contribution in [2.45, 2.75) is 6.42 Å². The number of Topliss-reactive ketones (excluding diaryl/α,β-unsaturated/α-hetero) is 1. The van der Waals surface area contributed by atoms with Gasteiger partial charge in [0.2, 0.25) is 0 Å². The second kappa shape index (κ2) is 3.87. The van der Waals surface area contributed by atoms with Crippen molar-refractivity contribution >= 4 is 23.6 Å². The zero-order valence-electron chi connectivity index (χ0n) is 10.6. The molecule has 0 spiro atoms. The zero-order chi connectivity index (χ0) is 13.7. The molecular formula is C16H11N3O. The molecule has 2 aromatic rings. The van der Waals surface area contributed by atoms with E-state index in [4.69, 9.17) is 5.84 Å². The van der Waals surface area contributed by atoms with Gasteiger partial charge in [-0.2, -0.15) is 5.10 Å². The minimum atomic E-state index is 0.0127. The molecule has 0 saturated carbocycles. The molecule has 1 aromatic carbocycles. The maximum atomic E-state index is 11.7. The quantitative estimate of drug-likeness (QED) is 0.467. The van der Waals surface area contributed by atoms with Crippen molar-refractivity contribution in [3.63, 3.8) is 0 Å². The molecule has 4 nitrogen and oxygen atoms in total. The van der Waals surface area contributed by atoms with Crippen LogP contribution < -0.4 is 16.4 Å². The number of nitrogens with two attached hydrogens (primary N) is 1. The van der Waals surface area contributed by atoms with E-state index in [0.29, 0.717) is 5.71 Å². The van der Waals surface area contributed by atoms with Crippen molar-refractivity contribution in [1.82, 2.24) is 4.98 Å². The summed E-state index contributed by atoms with van der Waals surface area (Å²) in [7, 11) is 0. The van der Waals surface area contributed by atoms with Gasteiger partial charge in [-0.1, -0.05) is 24.3 Å². The number of carbonyl (C=O) groups excluding carboxylic acids is 1. The topological polar surface area (TPSA) is 68.3 Å². The van der Waals surface area contributed by atoms with Crippen molar-refractivity contribution in [2.75, 3.05) is 0 Å². The number of benzene rings is 1. The smallest absolute Gasteiger partial charge is 0.162 e. The Kier molecular flexibility index (Phi) is 2.15. The van der Waals surface area contributed by atoms with E-state index in [1.807, 2.05) is 12.1 Å². The molecule has 4 heteroatoms. The van der Waals surface area contributed by atoms with Crippen molar-refractivity contribution < 1.29 is 4.79 Å². The van der Waals surface area contributed by atoms with E-state index in [2.05, 4.69) is 28.3 Å². The lowest BCUT2D eigenvalue weighted by molar-refractivity contribution is -0.112. The summed E-state index contributed by atoms with van der Waals surface area (Å²) in [5, 5.41) is 5.54. The number of hydrazone groups is 1. The van der Waals surface area contributed by atoms with Crippen molar-refractivity contribution in [2.24, 2.45) is 10.9 Å². The van der Waals surface area contributed by atoms with Crippen LogP contribution >= 0.6 is 0 Å². The predicted octanol–water partition coefficient (Wildman–Crippen LogP) is 0.307. The highest BCUT2D eigenvalue weighted by atomic mass is 16.1. The first-order valence-electron chi connectivity index (χ1n) is 6.40. The van der Waals surface area contributed by atoms with Gasteiger partial charge in [-0.25, -0.2) is 0 Å². The molecule has 0 radical (unpaired) electrons. The first-order valence-corrected chi connectivity index (χ1v) is 6.40. The molecule has 0 fully saturated rings. The Hall–Kier alpha value is -2.75. The van der Waals surface area contributed by atoms with Gasteiger partial charge in [0.15, 0.2) is 5.78 Å². The molecule has 0 atom stereocenters. The van der Waals surface area contributed by atoms with E-state index >= 15 is 0 Å².